The molecule has 1 heterocycles. The monoisotopic (exact) mass is 500 g/mol. The molecule has 180 valence electrons. The van der Waals surface area contributed by atoms with Gasteiger partial charge in [-0.15, -0.1) is 12.6 Å². The molecule has 0 saturated carbocycles. The van der Waals surface area contributed by atoms with Crippen LogP contribution in [-0.4, -0.2) is 35.2 Å². The second-order valence-corrected chi connectivity index (χ2v) is 9.88. The zero-order valence-corrected chi connectivity index (χ0v) is 21.6. The number of carbonyl (C=O) groups is 2. The van der Waals surface area contributed by atoms with Crippen LogP contribution >= 0.6 is 24.2 Å². The van der Waals surface area contributed by atoms with Crippen LogP contribution in [-0.2, 0) is 25.5 Å². The van der Waals surface area contributed by atoms with Crippen molar-refractivity contribution in [2.45, 2.75) is 38.9 Å². The topological polar surface area (TPSA) is 70.4 Å². The summed E-state index contributed by atoms with van der Waals surface area (Å²) in [6.45, 7) is 7.30. The van der Waals surface area contributed by atoms with Crippen LogP contribution in [0.4, 0.5) is 0 Å². The molecule has 0 fully saturated rings. The maximum atomic E-state index is 14.1. The minimum absolute atomic E-state index is 0.126. The van der Waals surface area contributed by atoms with Gasteiger partial charge in [0.1, 0.15) is 5.75 Å². The quantitative estimate of drug-likeness (QED) is 0.243. The van der Waals surface area contributed by atoms with E-state index in [4.69, 9.17) is 33.7 Å². The molecule has 0 bridgehead atoms. The summed E-state index contributed by atoms with van der Waals surface area (Å²) in [7, 11) is 1.60. The Kier molecular flexibility index (Phi) is 7.78. The molecule has 0 aliphatic carbocycles. The summed E-state index contributed by atoms with van der Waals surface area (Å²) in [4.78, 5) is 27.4. The van der Waals surface area contributed by atoms with Crippen molar-refractivity contribution in [2.75, 3.05) is 13.7 Å². The van der Waals surface area contributed by atoms with Crippen LogP contribution in [0.2, 0.25) is 5.02 Å². The number of ether oxygens (including phenoxy) is 2. The summed E-state index contributed by atoms with van der Waals surface area (Å²) in [5.74, 6) is -0.324. The number of rotatable bonds is 9. The molecular formula is C26H29ClN2O4S. The van der Waals surface area contributed by atoms with Crippen molar-refractivity contribution in [1.29, 1.82) is 0 Å². The van der Waals surface area contributed by atoms with Gasteiger partial charge in [0.25, 0.3) is 0 Å². The molecule has 8 heteroatoms. The molecule has 6 nitrogen and oxygen atoms in total. The first-order valence-electron chi connectivity index (χ1n) is 10.9. The summed E-state index contributed by atoms with van der Waals surface area (Å²) in [5.41, 5.74) is 1.84. The third kappa shape index (κ3) is 5.15. The minimum atomic E-state index is -1.82. The first kappa shape index (κ1) is 25.8. The van der Waals surface area contributed by atoms with E-state index in [0.717, 1.165) is 16.9 Å². The van der Waals surface area contributed by atoms with E-state index in [-0.39, 0.29) is 12.4 Å². The fraction of sp³-hybridized carbons (Fsp3) is 0.346. The molecule has 2 aromatic carbocycles. The summed E-state index contributed by atoms with van der Waals surface area (Å²) in [6, 6.07) is 12.9. The molecule has 1 aromatic heterocycles. The Bertz CT molecular complexity index is 1190. The van der Waals surface area contributed by atoms with Crippen molar-refractivity contribution in [3.05, 3.63) is 76.6 Å². The van der Waals surface area contributed by atoms with Crippen LogP contribution in [0, 0.1) is 12.3 Å². The highest BCUT2D eigenvalue weighted by Crippen LogP contribution is 2.42. The van der Waals surface area contributed by atoms with Crippen molar-refractivity contribution >= 4 is 36.0 Å². The van der Waals surface area contributed by atoms with Crippen LogP contribution in [0.25, 0.3) is 5.69 Å². The van der Waals surface area contributed by atoms with Crippen molar-refractivity contribution in [3.63, 3.8) is 0 Å². The van der Waals surface area contributed by atoms with Gasteiger partial charge in [0.15, 0.2) is 10.5 Å². The Hall–Kier alpha value is -2.77. The highest BCUT2D eigenvalue weighted by molar-refractivity contribution is 7.83. The molecule has 34 heavy (non-hydrogen) atoms. The average molecular weight is 501 g/mol. The van der Waals surface area contributed by atoms with E-state index in [1.54, 1.807) is 31.0 Å². The molecule has 0 aliphatic heterocycles. The lowest BCUT2D eigenvalue weighted by molar-refractivity contribution is -0.151. The summed E-state index contributed by atoms with van der Waals surface area (Å²) in [6.07, 6.45) is 3.57. The van der Waals surface area contributed by atoms with Gasteiger partial charge < -0.3 is 9.47 Å². The maximum Gasteiger partial charge on any atom is 0.334 e. The zero-order valence-electron chi connectivity index (χ0n) is 20.0. The number of hydrogen-bond donors (Lipinski definition) is 1. The lowest BCUT2D eigenvalue weighted by Gasteiger charge is -2.35. The summed E-state index contributed by atoms with van der Waals surface area (Å²) >= 11 is 10.8. The largest absolute Gasteiger partial charge is 0.497 e. The van der Waals surface area contributed by atoms with E-state index in [1.807, 2.05) is 57.2 Å². The third-order valence-electron chi connectivity index (χ3n) is 5.75. The lowest BCUT2D eigenvalue weighted by Crippen LogP contribution is -2.48. The van der Waals surface area contributed by atoms with Gasteiger partial charge in [0.2, 0.25) is 0 Å². The molecule has 0 spiro atoms. The second-order valence-electron chi connectivity index (χ2n) is 8.77. The van der Waals surface area contributed by atoms with Gasteiger partial charge in [-0.1, -0.05) is 43.6 Å². The molecule has 0 amide bonds. The maximum absolute atomic E-state index is 14.1. The Morgan fingerprint density at radius 3 is 2.38 bits per heavy atom. The van der Waals surface area contributed by atoms with Crippen LogP contribution in [0.5, 0.6) is 5.75 Å². The van der Waals surface area contributed by atoms with Crippen molar-refractivity contribution in [3.8, 4) is 11.4 Å². The highest BCUT2D eigenvalue weighted by atomic mass is 35.5. The third-order valence-corrected chi connectivity index (χ3v) is 6.57. The number of thiol groups is 1. The number of esters is 1. The SMILES string of the molecule is CCOC(=O)C(S)(C(=O)C(C)(C)Cc1ccc(OC)cc1)c1cc(-n2cc(Cl)cn2)ccc1C. The van der Waals surface area contributed by atoms with Gasteiger partial charge in [-0.3, -0.25) is 4.79 Å². The first-order chi connectivity index (χ1) is 16.0. The Balaban J connectivity index is 2.07. The van der Waals surface area contributed by atoms with E-state index in [2.05, 4.69) is 5.10 Å². The van der Waals surface area contributed by atoms with Gasteiger partial charge in [0.05, 0.1) is 30.6 Å². The van der Waals surface area contributed by atoms with E-state index in [0.29, 0.717) is 22.7 Å². The van der Waals surface area contributed by atoms with Gasteiger partial charge in [-0.05, 0) is 61.2 Å². The molecule has 0 radical (unpaired) electrons. The predicted octanol–water partition coefficient (Wildman–Crippen LogP) is 5.37. The molecule has 1 unspecified atom stereocenters. The normalized spacial score (nSPS) is 13.3. The molecule has 0 N–H and O–H groups in total. The molecular weight excluding hydrogens is 472 g/mol. The zero-order chi connectivity index (χ0) is 25.1. The molecule has 3 aromatic rings. The van der Waals surface area contributed by atoms with Gasteiger partial charge >= 0.3 is 5.97 Å². The Labute approximate surface area is 210 Å². The molecule has 0 aliphatic rings. The Morgan fingerprint density at radius 2 is 1.82 bits per heavy atom. The number of aromatic nitrogens is 2. The summed E-state index contributed by atoms with van der Waals surface area (Å²) in [5, 5.41) is 4.71. The number of benzene rings is 2. The minimum Gasteiger partial charge on any atom is -0.497 e. The van der Waals surface area contributed by atoms with Crippen LogP contribution in [0.1, 0.15) is 37.5 Å². The second kappa shape index (κ2) is 10.2. The first-order valence-corrected chi connectivity index (χ1v) is 11.7. The average Bonchev–Trinajstić information content (AvgIpc) is 3.25. The molecule has 0 saturated heterocycles. The van der Waals surface area contributed by atoms with Crippen LogP contribution in [0.15, 0.2) is 54.9 Å². The number of hydrogen-bond acceptors (Lipinski definition) is 6. The van der Waals surface area contributed by atoms with Crippen molar-refractivity contribution in [2.24, 2.45) is 5.41 Å². The van der Waals surface area contributed by atoms with E-state index in [9.17, 15) is 9.59 Å². The number of nitrogens with zero attached hydrogens (tertiary/aromatic N) is 2. The van der Waals surface area contributed by atoms with Crippen LogP contribution < -0.4 is 4.74 Å². The standard InChI is InChI=1S/C26H29ClN2O4S/c1-6-33-24(31)26(34,22-13-20(10-7-17(22)2)29-16-19(27)15-28-29)23(30)25(3,4)14-18-8-11-21(32-5)12-9-18/h7-13,15-16,34H,6,14H2,1-5H3. The number of ketones is 1. The molecule has 1 atom stereocenters. The van der Waals surface area contributed by atoms with E-state index in [1.165, 1.54) is 6.20 Å². The van der Waals surface area contributed by atoms with Crippen molar-refractivity contribution in [1.82, 2.24) is 9.78 Å². The predicted molar refractivity (Wildman–Crippen MR) is 136 cm³/mol. The number of halogens is 1. The summed E-state index contributed by atoms with van der Waals surface area (Å²) < 4.78 is 10.4. The van der Waals surface area contributed by atoms with Gasteiger partial charge in [0, 0.05) is 11.6 Å². The fourth-order valence-corrected chi connectivity index (χ4v) is 4.71. The Morgan fingerprint density at radius 1 is 1.15 bits per heavy atom. The number of aryl methyl sites for hydroxylation is 1. The highest BCUT2D eigenvalue weighted by Gasteiger charge is 2.52. The lowest BCUT2D eigenvalue weighted by atomic mass is 9.73. The van der Waals surface area contributed by atoms with Crippen molar-refractivity contribution < 1.29 is 19.1 Å². The van der Waals surface area contributed by atoms with E-state index >= 15 is 0 Å². The molecule has 3 rings (SSSR count). The number of carbonyl (C=O) groups excluding carboxylic acids is 2. The van der Waals surface area contributed by atoms with Crippen LogP contribution in [0.3, 0.4) is 0 Å². The van der Waals surface area contributed by atoms with E-state index < -0.39 is 16.1 Å². The van der Waals surface area contributed by atoms with Gasteiger partial charge in [-0.25, -0.2) is 9.48 Å². The fourth-order valence-electron chi connectivity index (χ4n) is 3.97. The van der Waals surface area contributed by atoms with Gasteiger partial charge in [-0.2, -0.15) is 5.10 Å². The number of methoxy groups -OCH3 is 1. The smallest absolute Gasteiger partial charge is 0.334 e. The number of Topliss-reactive ketones (excluding diaryl/α,β-unsaturated/α-hetero) is 1.